The molecule has 0 spiro atoms. The van der Waals surface area contributed by atoms with Crippen LogP contribution in [0.4, 0.5) is 0 Å². The second kappa shape index (κ2) is 6.33. The number of benzene rings is 1. The highest BCUT2D eigenvalue weighted by atomic mass is 32.1. The minimum atomic E-state index is -0.401. The number of esters is 1. The van der Waals surface area contributed by atoms with E-state index in [1.165, 1.54) is 7.11 Å². The summed E-state index contributed by atoms with van der Waals surface area (Å²) < 4.78 is 4.83. The Morgan fingerprint density at radius 1 is 1.33 bits per heavy atom. The van der Waals surface area contributed by atoms with E-state index in [0.29, 0.717) is 6.54 Å². The molecule has 0 saturated carbocycles. The van der Waals surface area contributed by atoms with Gasteiger partial charge in [0.15, 0.2) is 0 Å². The number of carbonyl (C=O) groups excluding carboxylic acids is 1. The Kier molecular flexibility index (Phi) is 4.50. The molecule has 1 aromatic heterocycles. The number of ether oxygens (including phenoxy) is 1. The van der Waals surface area contributed by atoms with Gasteiger partial charge in [-0.25, -0.2) is 4.79 Å². The Balaban J connectivity index is 2.05. The van der Waals surface area contributed by atoms with E-state index in [0.717, 1.165) is 11.1 Å². The van der Waals surface area contributed by atoms with Gasteiger partial charge in [-0.2, -0.15) is 11.3 Å². The molecule has 1 unspecified atom stereocenters. The topological polar surface area (TPSA) is 38.3 Å². The lowest BCUT2D eigenvalue weighted by molar-refractivity contribution is -0.143. The minimum absolute atomic E-state index is 0.260. The number of hydrogen-bond donors (Lipinski definition) is 1. The lowest BCUT2D eigenvalue weighted by Gasteiger charge is -2.15. The maximum atomic E-state index is 11.8. The number of hydrogen-bond acceptors (Lipinski definition) is 4. The van der Waals surface area contributed by atoms with E-state index in [4.69, 9.17) is 4.74 Å². The molecule has 1 N–H and O–H groups in total. The highest BCUT2D eigenvalue weighted by Gasteiger charge is 2.20. The zero-order valence-electron chi connectivity index (χ0n) is 10.1. The fourth-order valence-corrected chi connectivity index (χ4v) is 2.40. The first-order valence-corrected chi connectivity index (χ1v) is 6.63. The van der Waals surface area contributed by atoms with Gasteiger partial charge in [-0.3, -0.25) is 5.32 Å². The van der Waals surface area contributed by atoms with Gasteiger partial charge in [0.1, 0.15) is 6.04 Å². The first-order chi connectivity index (χ1) is 8.81. The maximum Gasteiger partial charge on any atom is 0.327 e. The maximum absolute atomic E-state index is 11.8. The summed E-state index contributed by atoms with van der Waals surface area (Å²) in [5.41, 5.74) is 2.09. The highest BCUT2D eigenvalue weighted by Crippen LogP contribution is 2.18. The highest BCUT2D eigenvalue weighted by molar-refractivity contribution is 7.08. The molecule has 0 aliphatic carbocycles. The van der Waals surface area contributed by atoms with E-state index < -0.39 is 6.04 Å². The smallest absolute Gasteiger partial charge is 0.327 e. The SMILES string of the molecule is COC(=O)C(NCc1ccccc1)c1ccsc1. The molecule has 0 aliphatic rings. The van der Waals surface area contributed by atoms with Crippen LogP contribution < -0.4 is 5.32 Å². The monoisotopic (exact) mass is 261 g/mol. The van der Waals surface area contributed by atoms with Crippen LogP contribution >= 0.6 is 11.3 Å². The molecule has 1 atom stereocenters. The van der Waals surface area contributed by atoms with E-state index in [1.54, 1.807) is 11.3 Å². The van der Waals surface area contributed by atoms with E-state index in [9.17, 15) is 4.79 Å². The van der Waals surface area contributed by atoms with Gasteiger partial charge in [0.05, 0.1) is 7.11 Å². The van der Waals surface area contributed by atoms with Crippen LogP contribution in [0.15, 0.2) is 47.2 Å². The largest absolute Gasteiger partial charge is 0.468 e. The molecular weight excluding hydrogens is 246 g/mol. The van der Waals surface area contributed by atoms with Crippen molar-refractivity contribution in [2.75, 3.05) is 7.11 Å². The Labute approximate surface area is 110 Å². The van der Waals surface area contributed by atoms with Crippen LogP contribution in [-0.4, -0.2) is 13.1 Å². The quantitative estimate of drug-likeness (QED) is 0.841. The van der Waals surface area contributed by atoms with Crippen LogP contribution in [0.1, 0.15) is 17.2 Å². The molecule has 94 valence electrons. The van der Waals surface area contributed by atoms with Gasteiger partial charge in [0, 0.05) is 6.54 Å². The molecule has 0 aliphatic heterocycles. The lowest BCUT2D eigenvalue weighted by Crippen LogP contribution is -2.28. The van der Waals surface area contributed by atoms with Gasteiger partial charge in [-0.1, -0.05) is 30.3 Å². The zero-order valence-corrected chi connectivity index (χ0v) is 10.9. The fourth-order valence-electron chi connectivity index (χ4n) is 1.71. The normalized spacial score (nSPS) is 12.1. The molecule has 0 amide bonds. The summed E-state index contributed by atoms with van der Waals surface area (Å²) in [6.45, 7) is 0.635. The molecule has 2 rings (SSSR count). The van der Waals surface area contributed by atoms with Crippen LogP contribution in [0.2, 0.25) is 0 Å². The van der Waals surface area contributed by atoms with Gasteiger partial charge in [-0.05, 0) is 28.0 Å². The minimum Gasteiger partial charge on any atom is -0.468 e. The summed E-state index contributed by atoms with van der Waals surface area (Å²) >= 11 is 1.57. The third-order valence-corrected chi connectivity index (χ3v) is 3.37. The molecule has 18 heavy (non-hydrogen) atoms. The van der Waals surface area contributed by atoms with Gasteiger partial charge in [-0.15, -0.1) is 0 Å². The van der Waals surface area contributed by atoms with Crippen LogP contribution in [0, 0.1) is 0 Å². The van der Waals surface area contributed by atoms with Crippen LogP contribution in [-0.2, 0) is 16.1 Å². The van der Waals surface area contributed by atoms with Crippen molar-refractivity contribution in [3.63, 3.8) is 0 Å². The average Bonchev–Trinajstić information content (AvgIpc) is 2.94. The van der Waals surface area contributed by atoms with Crippen molar-refractivity contribution in [3.8, 4) is 0 Å². The summed E-state index contributed by atoms with van der Waals surface area (Å²) in [7, 11) is 1.41. The predicted octanol–water partition coefficient (Wildman–Crippen LogP) is 2.75. The van der Waals surface area contributed by atoms with Crippen LogP contribution in [0.5, 0.6) is 0 Å². The van der Waals surface area contributed by atoms with Crippen molar-refractivity contribution in [2.45, 2.75) is 12.6 Å². The third-order valence-electron chi connectivity index (χ3n) is 2.67. The van der Waals surface area contributed by atoms with Gasteiger partial charge in [0.2, 0.25) is 0 Å². The number of thiophene rings is 1. The van der Waals surface area contributed by atoms with E-state index in [-0.39, 0.29) is 5.97 Å². The van der Waals surface area contributed by atoms with E-state index in [1.807, 2.05) is 47.2 Å². The summed E-state index contributed by atoms with van der Waals surface area (Å²) in [5, 5.41) is 7.13. The standard InChI is InChI=1S/C14H15NO2S/c1-17-14(16)13(12-7-8-18-10-12)15-9-11-5-3-2-4-6-11/h2-8,10,13,15H,9H2,1H3. The lowest BCUT2D eigenvalue weighted by atomic mass is 10.1. The summed E-state index contributed by atoms with van der Waals surface area (Å²) in [6.07, 6.45) is 0. The average molecular weight is 261 g/mol. The first-order valence-electron chi connectivity index (χ1n) is 5.68. The Bertz CT molecular complexity index is 482. The summed E-state index contributed by atoms with van der Waals surface area (Å²) in [5.74, 6) is -0.260. The van der Waals surface area contributed by atoms with E-state index >= 15 is 0 Å². The molecular formula is C14H15NO2S. The number of carbonyl (C=O) groups is 1. The number of methoxy groups -OCH3 is 1. The van der Waals surface area contributed by atoms with E-state index in [2.05, 4.69) is 5.32 Å². The van der Waals surface area contributed by atoms with Crippen molar-refractivity contribution < 1.29 is 9.53 Å². The predicted molar refractivity (Wildman–Crippen MR) is 72.4 cm³/mol. The molecule has 4 heteroatoms. The van der Waals surface area contributed by atoms with Gasteiger partial charge < -0.3 is 4.74 Å². The molecule has 0 fully saturated rings. The number of rotatable bonds is 5. The van der Waals surface area contributed by atoms with Crippen molar-refractivity contribution in [1.82, 2.24) is 5.32 Å². The van der Waals surface area contributed by atoms with Crippen LogP contribution in [0.3, 0.4) is 0 Å². The third kappa shape index (κ3) is 3.18. The van der Waals surface area contributed by atoms with Gasteiger partial charge >= 0.3 is 5.97 Å². The fraction of sp³-hybridized carbons (Fsp3) is 0.214. The Hall–Kier alpha value is -1.65. The Morgan fingerprint density at radius 3 is 2.72 bits per heavy atom. The second-order valence-electron chi connectivity index (χ2n) is 3.88. The van der Waals surface area contributed by atoms with Gasteiger partial charge in [0.25, 0.3) is 0 Å². The van der Waals surface area contributed by atoms with Crippen molar-refractivity contribution in [2.24, 2.45) is 0 Å². The van der Waals surface area contributed by atoms with Crippen molar-refractivity contribution >= 4 is 17.3 Å². The number of nitrogens with one attached hydrogen (secondary N) is 1. The summed E-state index contributed by atoms with van der Waals surface area (Å²) in [6, 6.07) is 11.5. The molecule has 1 heterocycles. The van der Waals surface area contributed by atoms with Crippen LogP contribution in [0.25, 0.3) is 0 Å². The molecule has 0 bridgehead atoms. The molecule has 3 nitrogen and oxygen atoms in total. The molecule has 0 saturated heterocycles. The Morgan fingerprint density at radius 2 is 2.11 bits per heavy atom. The van der Waals surface area contributed by atoms with Crippen molar-refractivity contribution in [1.29, 1.82) is 0 Å². The summed E-state index contributed by atoms with van der Waals surface area (Å²) in [4.78, 5) is 11.8. The molecule has 0 radical (unpaired) electrons. The first kappa shape index (κ1) is 12.8. The van der Waals surface area contributed by atoms with Crippen molar-refractivity contribution in [3.05, 3.63) is 58.3 Å². The second-order valence-corrected chi connectivity index (χ2v) is 4.66. The molecule has 1 aromatic carbocycles. The zero-order chi connectivity index (χ0) is 12.8. The molecule has 2 aromatic rings.